The second kappa shape index (κ2) is 5.27. The minimum absolute atomic E-state index is 0.0358. The Morgan fingerprint density at radius 3 is 2.79 bits per heavy atom. The lowest BCUT2D eigenvalue weighted by molar-refractivity contribution is -0.383. The molecular weight excluding hydrogens is 268 g/mol. The summed E-state index contributed by atoms with van der Waals surface area (Å²) in [5.41, 5.74) is 3.23. The van der Waals surface area contributed by atoms with Gasteiger partial charge >= 0.3 is 0 Å². The van der Waals surface area contributed by atoms with Crippen LogP contribution in [0.3, 0.4) is 0 Å². The fourth-order valence-corrected chi connectivity index (χ4v) is 1.99. The summed E-state index contributed by atoms with van der Waals surface area (Å²) in [6, 6.07) is 4.55. The van der Waals surface area contributed by atoms with Crippen LogP contribution in [-0.2, 0) is 6.54 Å². The topological polar surface area (TPSA) is 83.8 Å². The predicted molar refractivity (Wildman–Crippen MR) is 73.5 cm³/mol. The van der Waals surface area contributed by atoms with Crippen LogP contribution in [0, 0.1) is 24.0 Å². The lowest BCUT2D eigenvalue weighted by Gasteiger charge is -2.07. The first-order chi connectivity index (χ1) is 8.99. The first-order valence-corrected chi connectivity index (χ1v) is 6.05. The van der Waals surface area contributed by atoms with Crippen molar-refractivity contribution in [2.75, 3.05) is 5.32 Å². The van der Waals surface area contributed by atoms with Crippen molar-refractivity contribution in [1.82, 2.24) is 10.2 Å². The normalized spacial score (nSPS) is 10.5. The van der Waals surface area contributed by atoms with Crippen LogP contribution >= 0.6 is 11.6 Å². The van der Waals surface area contributed by atoms with E-state index in [-0.39, 0.29) is 5.69 Å². The van der Waals surface area contributed by atoms with Crippen LogP contribution in [0.25, 0.3) is 0 Å². The predicted octanol–water partition coefficient (Wildman–Crippen LogP) is 3.20. The number of rotatable bonds is 4. The number of aryl methyl sites for hydroxylation is 2. The number of benzene rings is 1. The number of aromatic amines is 1. The Morgan fingerprint density at radius 1 is 1.47 bits per heavy atom. The first kappa shape index (κ1) is 13.4. The molecule has 0 aliphatic heterocycles. The van der Waals surface area contributed by atoms with Crippen molar-refractivity contribution in [1.29, 1.82) is 0 Å². The molecule has 19 heavy (non-hydrogen) atoms. The molecule has 0 radical (unpaired) electrons. The number of nitrogens with one attached hydrogen (secondary N) is 2. The molecule has 0 unspecified atom stereocenters. The molecule has 7 heteroatoms. The van der Waals surface area contributed by atoms with Crippen LogP contribution in [0.2, 0.25) is 5.02 Å². The van der Waals surface area contributed by atoms with Gasteiger partial charge < -0.3 is 5.32 Å². The number of halogens is 1. The second-order valence-corrected chi connectivity index (χ2v) is 4.62. The Bertz CT molecular complexity index is 605. The summed E-state index contributed by atoms with van der Waals surface area (Å²) < 4.78 is 0. The number of hydrogen-bond acceptors (Lipinski definition) is 4. The zero-order chi connectivity index (χ0) is 14.0. The van der Waals surface area contributed by atoms with Gasteiger partial charge in [0.25, 0.3) is 5.69 Å². The molecule has 100 valence electrons. The van der Waals surface area contributed by atoms with E-state index in [1.807, 2.05) is 13.8 Å². The third kappa shape index (κ3) is 2.85. The van der Waals surface area contributed by atoms with Gasteiger partial charge in [-0.25, -0.2) is 0 Å². The van der Waals surface area contributed by atoms with Crippen molar-refractivity contribution in [2.24, 2.45) is 0 Å². The zero-order valence-electron chi connectivity index (χ0n) is 10.5. The van der Waals surface area contributed by atoms with E-state index in [4.69, 9.17) is 11.6 Å². The van der Waals surface area contributed by atoms with Crippen LogP contribution in [0.4, 0.5) is 11.4 Å². The lowest BCUT2D eigenvalue weighted by Crippen LogP contribution is -2.04. The Hall–Kier alpha value is -2.08. The summed E-state index contributed by atoms with van der Waals surface area (Å²) in [5, 5.41) is 21.3. The van der Waals surface area contributed by atoms with Crippen molar-refractivity contribution in [3.63, 3.8) is 0 Å². The minimum atomic E-state index is -0.455. The van der Waals surface area contributed by atoms with Crippen molar-refractivity contribution in [3.05, 3.63) is 50.3 Å². The Balaban J connectivity index is 2.23. The van der Waals surface area contributed by atoms with Gasteiger partial charge in [0.15, 0.2) is 0 Å². The molecule has 2 N–H and O–H groups in total. The molecule has 1 aromatic carbocycles. The van der Waals surface area contributed by atoms with E-state index in [2.05, 4.69) is 15.5 Å². The number of anilines is 1. The summed E-state index contributed by atoms with van der Waals surface area (Å²) in [5.74, 6) is 0. The molecule has 0 saturated heterocycles. The van der Waals surface area contributed by atoms with E-state index < -0.39 is 4.92 Å². The van der Waals surface area contributed by atoms with Gasteiger partial charge in [-0.2, -0.15) is 5.10 Å². The van der Waals surface area contributed by atoms with Gasteiger partial charge in [-0.15, -0.1) is 0 Å². The average Bonchev–Trinajstić information content (AvgIpc) is 2.68. The molecule has 1 aromatic heterocycles. The van der Waals surface area contributed by atoms with Crippen LogP contribution < -0.4 is 5.32 Å². The number of aromatic nitrogens is 2. The molecule has 0 spiro atoms. The number of hydrogen-bond donors (Lipinski definition) is 2. The van der Waals surface area contributed by atoms with Gasteiger partial charge in [0.05, 0.1) is 10.6 Å². The van der Waals surface area contributed by atoms with Crippen LogP contribution in [0.5, 0.6) is 0 Å². The summed E-state index contributed by atoms with van der Waals surface area (Å²) in [6.07, 6.45) is 0. The average molecular weight is 281 g/mol. The number of H-pyrrole nitrogens is 1. The maximum Gasteiger partial charge on any atom is 0.293 e. The van der Waals surface area contributed by atoms with Crippen molar-refractivity contribution in [3.8, 4) is 0 Å². The molecular formula is C12H13ClN4O2. The molecule has 0 aliphatic rings. The van der Waals surface area contributed by atoms with Gasteiger partial charge in [-0.1, -0.05) is 11.6 Å². The summed E-state index contributed by atoms with van der Waals surface area (Å²) in [6.45, 7) is 4.26. The fourth-order valence-electron chi connectivity index (χ4n) is 1.82. The van der Waals surface area contributed by atoms with Crippen molar-refractivity contribution >= 4 is 23.0 Å². The molecule has 0 fully saturated rings. The number of nitro groups is 1. The van der Waals surface area contributed by atoms with E-state index in [9.17, 15) is 10.1 Å². The Labute approximate surface area is 114 Å². The van der Waals surface area contributed by atoms with Gasteiger partial charge in [0.2, 0.25) is 0 Å². The molecule has 0 saturated carbocycles. The van der Waals surface area contributed by atoms with E-state index >= 15 is 0 Å². The number of nitro benzene ring substituents is 1. The molecule has 0 bridgehead atoms. The standard InChI is InChI=1S/C12H13ClN4O2/c1-7-10(8(2)16-15-7)6-14-11-4-3-9(13)5-12(11)17(18)19/h3-5,14H,6H2,1-2H3,(H,15,16). The summed E-state index contributed by atoms with van der Waals surface area (Å²) in [4.78, 5) is 10.5. The maximum absolute atomic E-state index is 11.0. The second-order valence-electron chi connectivity index (χ2n) is 4.18. The highest BCUT2D eigenvalue weighted by atomic mass is 35.5. The Morgan fingerprint density at radius 2 is 2.21 bits per heavy atom. The smallest absolute Gasteiger partial charge is 0.293 e. The van der Waals surface area contributed by atoms with E-state index in [0.717, 1.165) is 17.0 Å². The molecule has 0 amide bonds. The van der Waals surface area contributed by atoms with Gasteiger partial charge in [0.1, 0.15) is 5.69 Å². The lowest BCUT2D eigenvalue weighted by atomic mass is 10.2. The van der Waals surface area contributed by atoms with Crippen molar-refractivity contribution < 1.29 is 4.92 Å². The monoisotopic (exact) mass is 280 g/mol. The number of nitrogens with zero attached hydrogens (tertiary/aromatic N) is 2. The van der Waals surface area contributed by atoms with Crippen LogP contribution in [0.15, 0.2) is 18.2 Å². The molecule has 2 rings (SSSR count). The molecule has 0 aliphatic carbocycles. The van der Waals surface area contributed by atoms with Gasteiger partial charge in [-0.3, -0.25) is 15.2 Å². The molecule has 0 atom stereocenters. The van der Waals surface area contributed by atoms with Gasteiger partial charge in [0, 0.05) is 28.9 Å². The molecule has 2 aromatic rings. The van der Waals surface area contributed by atoms with Crippen molar-refractivity contribution in [2.45, 2.75) is 20.4 Å². The molecule has 1 heterocycles. The fraction of sp³-hybridized carbons (Fsp3) is 0.250. The SMILES string of the molecule is Cc1n[nH]c(C)c1CNc1ccc(Cl)cc1[N+](=O)[O-]. The highest BCUT2D eigenvalue weighted by Crippen LogP contribution is 2.28. The maximum atomic E-state index is 11.0. The first-order valence-electron chi connectivity index (χ1n) is 5.67. The quantitative estimate of drug-likeness (QED) is 0.665. The van der Waals surface area contributed by atoms with Gasteiger partial charge in [-0.05, 0) is 26.0 Å². The van der Waals surface area contributed by atoms with E-state index in [1.165, 1.54) is 6.07 Å². The van der Waals surface area contributed by atoms with E-state index in [0.29, 0.717) is 17.3 Å². The highest BCUT2D eigenvalue weighted by Gasteiger charge is 2.15. The third-order valence-electron chi connectivity index (χ3n) is 2.89. The summed E-state index contributed by atoms with van der Waals surface area (Å²) >= 11 is 5.76. The zero-order valence-corrected chi connectivity index (χ0v) is 11.3. The van der Waals surface area contributed by atoms with E-state index in [1.54, 1.807) is 12.1 Å². The minimum Gasteiger partial charge on any atom is -0.375 e. The molecule has 6 nitrogen and oxygen atoms in total. The summed E-state index contributed by atoms with van der Waals surface area (Å²) in [7, 11) is 0. The largest absolute Gasteiger partial charge is 0.375 e. The Kier molecular flexibility index (Phi) is 3.71. The highest BCUT2D eigenvalue weighted by molar-refractivity contribution is 6.30. The third-order valence-corrected chi connectivity index (χ3v) is 3.13. The van der Waals surface area contributed by atoms with Crippen LogP contribution in [0.1, 0.15) is 17.0 Å². The van der Waals surface area contributed by atoms with Crippen LogP contribution in [-0.4, -0.2) is 15.1 Å².